The third-order valence-electron chi connectivity index (χ3n) is 13.3. The second-order valence-corrected chi connectivity index (χ2v) is 20.0. The number of amides is 1. The van der Waals surface area contributed by atoms with Gasteiger partial charge in [0.15, 0.2) is 0 Å². The van der Waals surface area contributed by atoms with Crippen LogP contribution in [0.4, 0.5) is 0 Å². The molecular formula is C61H113NO5. The van der Waals surface area contributed by atoms with Crippen molar-refractivity contribution >= 4 is 11.9 Å². The maximum Gasteiger partial charge on any atom is 0.305 e. The fraction of sp³-hybridized carbons (Fsp3) is 0.836. The number of hydrogen-bond donors (Lipinski definition) is 3. The molecule has 0 heterocycles. The number of ether oxygens (including phenoxy) is 1. The predicted molar refractivity (Wildman–Crippen MR) is 292 cm³/mol. The molecule has 0 bridgehead atoms. The van der Waals surface area contributed by atoms with Crippen molar-refractivity contribution in [2.75, 3.05) is 13.2 Å². The molecule has 67 heavy (non-hydrogen) atoms. The van der Waals surface area contributed by atoms with Crippen LogP contribution >= 0.6 is 0 Å². The Morgan fingerprint density at radius 2 is 0.746 bits per heavy atom. The predicted octanol–water partition coefficient (Wildman–Crippen LogP) is 18.2. The van der Waals surface area contributed by atoms with E-state index in [4.69, 9.17) is 4.74 Å². The second kappa shape index (κ2) is 56.4. The van der Waals surface area contributed by atoms with E-state index >= 15 is 0 Å². The van der Waals surface area contributed by atoms with Gasteiger partial charge in [0, 0.05) is 12.8 Å². The van der Waals surface area contributed by atoms with Gasteiger partial charge in [-0.2, -0.15) is 0 Å². The van der Waals surface area contributed by atoms with E-state index in [9.17, 15) is 19.8 Å². The van der Waals surface area contributed by atoms with Gasteiger partial charge in [0.25, 0.3) is 0 Å². The fourth-order valence-electron chi connectivity index (χ4n) is 8.78. The fourth-order valence-corrected chi connectivity index (χ4v) is 8.78. The molecule has 0 aromatic heterocycles. The van der Waals surface area contributed by atoms with Crippen molar-refractivity contribution in [2.24, 2.45) is 0 Å². The quantitative estimate of drug-likeness (QED) is 0.0321. The van der Waals surface area contributed by atoms with Crippen molar-refractivity contribution in [3.63, 3.8) is 0 Å². The Kier molecular flexibility index (Phi) is 54.6. The zero-order valence-electron chi connectivity index (χ0n) is 44.6. The normalized spacial score (nSPS) is 13.0. The van der Waals surface area contributed by atoms with Crippen LogP contribution in [0.25, 0.3) is 0 Å². The van der Waals surface area contributed by atoms with Crippen molar-refractivity contribution in [1.82, 2.24) is 5.32 Å². The Hall–Kier alpha value is -2.18. The molecule has 0 rings (SSSR count). The highest BCUT2D eigenvalue weighted by atomic mass is 16.5. The number of unbranched alkanes of at least 4 members (excludes halogenated alkanes) is 37. The number of aliphatic hydroxyl groups excluding tert-OH is 2. The lowest BCUT2D eigenvalue weighted by Gasteiger charge is -2.20. The summed E-state index contributed by atoms with van der Waals surface area (Å²) in [5.74, 6) is -0.0770. The van der Waals surface area contributed by atoms with Crippen molar-refractivity contribution in [3.05, 3.63) is 48.6 Å². The van der Waals surface area contributed by atoms with Gasteiger partial charge in [0.05, 0.1) is 25.4 Å². The van der Waals surface area contributed by atoms with Gasteiger partial charge >= 0.3 is 5.97 Å². The van der Waals surface area contributed by atoms with Gasteiger partial charge in [-0.25, -0.2) is 0 Å². The van der Waals surface area contributed by atoms with E-state index in [0.29, 0.717) is 19.4 Å². The summed E-state index contributed by atoms with van der Waals surface area (Å²) >= 11 is 0. The van der Waals surface area contributed by atoms with E-state index in [1.165, 1.54) is 225 Å². The van der Waals surface area contributed by atoms with Crippen LogP contribution in [-0.4, -0.2) is 47.4 Å². The number of esters is 1. The lowest BCUT2D eigenvalue weighted by Crippen LogP contribution is -2.45. The summed E-state index contributed by atoms with van der Waals surface area (Å²) in [6, 6.07) is -0.630. The van der Waals surface area contributed by atoms with Gasteiger partial charge in [-0.05, 0) is 89.9 Å². The minimum Gasteiger partial charge on any atom is -0.466 e. The molecule has 0 aliphatic heterocycles. The largest absolute Gasteiger partial charge is 0.466 e. The molecule has 0 fully saturated rings. The van der Waals surface area contributed by atoms with Crippen LogP contribution in [0.1, 0.15) is 303 Å². The van der Waals surface area contributed by atoms with Crippen molar-refractivity contribution in [3.8, 4) is 0 Å². The number of nitrogens with one attached hydrogen (secondary N) is 1. The van der Waals surface area contributed by atoms with Gasteiger partial charge in [-0.1, -0.05) is 249 Å². The minimum absolute atomic E-state index is 0.00261. The molecule has 0 aliphatic carbocycles. The number of rotatable bonds is 54. The third kappa shape index (κ3) is 53.0. The summed E-state index contributed by atoms with van der Waals surface area (Å²) in [7, 11) is 0. The second-order valence-electron chi connectivity index (χ2n) is 20.0. The van der Waals surface area contributed by atoms with E-state index in [2.05, 4.69) is 55.6 Å². The maximum atomic E-state index is 12.4. The monoisotopic (exact) mass is 940 g/mol. The molecule has 6 nitrogen and oxygen atoms in total. The average molecular weight is 941 g/mol. The highest BCUT2D eigenvalue weighted by molar-refractivity contribution is 5.76. The van der Waals surface area contributed by atoms with Gasteiger partial charge in [-0.15, -0.1) is 0 Å². The maximum absolute atomic E-state index is 12.4. The van der Waals surface area contributed by atoms with Crippen LogP contribution < -0.4 is 5.32 Å². The molecule has 0 aromatic carbocycles. The molecule has 0 spiro atoms. The van der Waals surface area contributed by atoms with E-state index in [1.54, 1.807) is 6.08 Å². The first-order chi connectivity index (χ1) is 33.0. The zero-order chi connectivity index (χ0) is 48.6. The number of allylic oxidation sites excluding steroid dienone is 7. The molecule has 3 N–H and O–H groups in total. The van der Waals surface area contributed by atoms with Crippen molar-refractivity contribution in [2.45, 2.75) is 315 Å². The molecule has 1 amide bonds. The first-order valence-corrected chi connectivity index (χ1v) is 29.4. The lowest BCUT2D eigenvalue weighted by atomic mass is 10.0. The third-order valence-corrected chi connectivity index (χ3v) is 13.3. The Morgan fingerprint density at radius 3 is 1.18 bits per heavy atom. The smallest absolute Gasteiger partial charge is 0.305 e. The number of carbonyl (C=O) groups is 2. The molecule has 2 unspecified atom stereocenters. The Morgan fingerprint density at radius 1 is 0.418 bits per heavy atom. The zero-order valence-corrected chi connectivity index (χ0v) is 44.6. The average Bonchev–Trinajstić information content (AvgIpc) is 3.33. The highest BCUT2D eigenvalue weighted by Crippen LogP contribution is 2.16. The molecule has 2 atom stereocenters. The summed E-state index contributed by atoms with van der Waals surface area (Å²) < 4.78 is 5.47. The molecule has 0 saturated heterocycles. The Bertz CT molecular complexity index is 1130. The van der Waals surface area contributed by atoms with Crippen LogP contribution in [0.2, 0.25) is 0 Å². The van der Waals surface area contributed by atoms with E-state index < -0.39 is 12.1 Å². The van der Waals surface area contributed by atoms with E-state index in [1.807, 2.05) is 6.08 Å². The van der Waals surface area contributed by atoms with Gasteiger partial charge in [-0.3, -0.25) is 9.59 Å². The lowest BCUT2D eigenvalue weighted by molar-refractivity contribution is -0.143. The standard InChI is InChI=1S/C61H113NO5/c1-3-5-7-9-11-13-15-16-27-31-35-39-43-47-51-55-61(66)67-56-52-48-44-40-36-32-29-26-24-22-20-18-17-19-21-23-25-28-30-34-38-42-46-50-54-60(65)62-58(57-63)59(64)53-49-45-41-37-33-14-12-10-8-6-4-2/h11,13,16,19,21,27,49,53,58-59,63-64H,3-10,12,14-15,17-18,20,22-26,28-48,50-52,54-57H2,1-2H3,(H,62,65)/b13-11-,21-19-,27-16-,53-49+. The summed E-state index contributed by atoms with van der Waals surface area (Å²) in [6.45, 7) is 4.85. The van der Waals surface area contributed by atoms with E-state index in [0.717, 1.165) is 51.4 Å². The van der Waals surface area contributed by atoms with Crippen molar-refractivity contribution in [1.29, 1.82) is 0 Å². The van der Waals surface area contributed by atoms with Crippen LogP contribution in [0.5, 0.6) is 0 Å². The summed E-state index contributed by atoms with van der Waals surface area (Å²) in [5, 5.41) is 23.0. The summed E-state index contributed by atoms with van der Waals surface area (Å²) in [5.41, 5.74) is 0. The molecule has 6 heteroatoms. The molecule has 0 aromatic rings. The SMILES string of the molecule is CCCCC/C=C\C/C=C\CCCCCCCC(=O)OCCCCCCCCCCCCCC/C=C\CCCCCCCCCCC(=O)NC(CO)C(O)/C=C/CCCCCCCCCCC. The van der Waals surface area contributed by atoms with Crippen LogP contribution in [0, 0.1) is 0 Å². The molecular weight excluding hydrogens is 827 g/mol. The number of aliphatic hydroxyl groups is 2. The summed E-state index contributed by atoms with van der Waals surface area (Å²) in [4.78, 5) is 24.5. The van der Waals surface area contributed by atoms with Gasteiger partial charge in [0.2, 0.25) is 5.91 Å². The highest BCUT2D eigenvalue weighted by Gasteiger charge is 2.18. The molecule has 0 saturated carbocycles. The summed E-state index contributed by atoms with van der Waals surface area (Å²) in [6.07, 6.45) is 71.4. The van der Waals surface area contributed by atoms with Crippen molar-refractivity contribution < 1.29 is 24.5 Å². The van der Waals surface area contributed by atoms with Crippen LogP contribution in [-0.2, 0) is 14.3 Å². The Labute approximate surface area is 416 Å². The minimum atomic E-state index is -0.846. The van der Waals surface area contributed by atoms with Gasteiger partial charge in [0.1, 0.15) is 0 Å². The first-order valence-electron chi connectivity index (χ1n) is 29.4. The molecule has 392 valence electrons. The van der Waals surface area contributed by atoms with E-state index in [-0.39, 0.29) is 18.5 Å². The number of carbonyl (C=O) groups excluding carboxylic acids is 2. The van der Waals surface area contributed by atoms with Crippen LogP contribution in [0.15, 0.2) is 48.6 Å². The molecule has 0 radical (unpaired) electrons. The van der Waals surface area contributed by atoms with Gasteiger partial charge < -0.3 is 20.3 Å². The first kappa shape index (κ1) is 64.8. The van der Waals surface area contributed by atoms with Crippen LogP contribution in [0.3, 0.4) is 0 Å². The number of hydrogen-bond acceptors (Lipinski definition) is 5. The topological polar surface area (TPSA) is 95.9 Å². The molecule has 0 aliphatic rings. The Balaban J connectivity index is 3.42.